The molecule has 0 aliphatic rings. The molecule has 0 amide bonds. The van der Waals surface area contributed by atoms with Crippen molar-refractivity contribution in [2.24, 2.45) is 0 Å². The third-order valence-electron chi connectivity index (χ3n) is 8.38. The van der Waals surface area contributed by atoms with Crippen LogP contribution in [0.4, 0.5) is 0 Å². The Morgan fingerprint density at radius 3 is 1.24 bits per heavy atom. The van der Waals surface area contributed by atoms with Gasteiger partial charge in [-0.05, 0) is 77.0 Å². The van der Waals surface area contributed by atoms with Gasteiger partial charge in [0.2, 0.25) is 0 Å². The zero-order chi connectivity index (χ0) is 40.5. The fourth-order valence-electron chi connectivity index (χ4n) is 5.20. The Kier molecular flexibility index (Phi) is 37.8. The summed E-state index contributed by atoms with van der Waals surface area (Å²) >= 11 is 0. The van der Waals surface area contributed by atoms with Crippen molar-refractivity contribution in [3.05, 3.63) is 72.9 Å². The average molecular weight is 795 g/mol. The van der Waals surface area contributed by atoms with Crippen LogP contribution in [0.3, 0.4) is 0 Å². The van der Waals surface area contributed by atoms with E-state index in [2.05, 4.69) is 86.8 Å². The Bertz CT molecular complexity index is 1140. The summed E-state index contributed by atoms with van der Waals surface area (Å²) in [6.45, 7) is 1.97. The van der Waals surface area contributed by atoms with E-state index < -0.39 is 58.4 Å². The molecule has 316 valence electrons. The highest BCUT2D eigenvalue weighted by Gasteiger charge is 2.27. The smallest absolute Gasteiger partial charge is 0.457 e. The molecule has 3 unspecified atom stereocenters. The van der Waals surface area contributed by atoms with Gasteiger partial charge >= 0.3 is 19.8 Å². The topological polar surface area (TPSA) is 149 Å². The van der Waals surface area contributed by atoms with Crippen LogP contribution in [0.15, 0.2) is 72.9 Å². The molecule has 0 aliphatic carbocycles. The first-order valence-corrected chi connectivity index (χ1v) is 22.4. The Morgan fingerprint density at radius 2 is 0.855 bits per heavy atom. The summed E-state index contributed by atoms with van der Waals surface area (Å²) in [4.78, 5) is 34.5. The number of aliphatic hydroxyl groups excluding tert-OH is 2. The third-order valence-corrected chi connectivity index (χ3v) is 9.33. The minimum atomic E-state index is -4.65. The van der Waals surface area contributed by atoms with Gasteiger partial charge in [-0.2, -0.15) is 0 Å². The number of esters is 2. The van der Waals surface area contributed by atoms with Crippen LogP contribution in [0, 0.1) is 0 Å². The van der Waals surface area contributed by atoms with Gasteiger partial charge < -0.3 is 24.6 Å². The monoisotopic (exact) mass is 795 g/mol. The van der Waals surface area contributed by atoms with Crippen LogP contribution in [0.5, 0.6) is 0 Å². The van der Waals surface area contributed by atoms with E-state index in [9.17, 15) is 29.3 Å². The molecular weight excluding hydrogens is 719 g/mol. The highest BCUT2D eigenvalue weighted by Crippen LogP contribution is 2.43. The van der Waals surface area contributed by atoms with Gasteiger partial charge in [0.25, 0.3) is 0 Å². The van der Waals surface area contributed by atoms with Gasteiger partial charge in [0.1, 0.15) is 12.2 Å². The molecule has 10 nitrogen and oxygen atoms in total. The van der Waals surface area contributed by atoms with Crippen molar-refractivity contribution in [3.8, 4) is 0 Å². The molecular formula is C44H75O10P. The lowest BCUT2D eigenvalue weighted by molar-refractivity contribution is -0.153. The van der Waals surface area contributed by atoms with Crippen molar-refractivity contribution < 1.29 is 47.8 Å². The zero-order valence-corrected chi connectivity index (χ0v) is 35.0. The summed E-state index contributed by atoms with van der Waals surface area (Å²) in [5, 5.41) is 19.1. The van der Waals surface area contributed by atoms with Crippen molar-refractivity contribution >= 4 is 19.8 Å². The van der Waals surface area contributed by atoms with E-state index in [0.29, 0.717) is 12.8 Å². The number of phosphoric acid groups is 1. The molecule has 3 N–H and O–H groups in total. The largest absolute Gasteiger partial charge is 0.472 e. The summed E-state index contributed by atoms with van der Waals surface area (Å²) in [5.74, 6) is -1.05. The van der Waals surface area contributed by atoms with Crippen LogP contribution in [-0.4, -0.2) is 65.7 Å². The highest BCUT2D eigenvalue weighted by molar-refractivity contribution is 7.47. The fraction of sp³-hybridized carbons (Fsp3) is 0.682. The first-order chi connectivity index (χ1) is 26.8. The number of hydrogen-bond donors (Lipinski definition) is 3. The number of carbonyl (C=O) groups is 2. The van der Waals surface area contributed by atoms with Gasteiger partial charge in [0, 0.05) is 12.8 Å². The summed E-state index contributed by atoms with van der Waals surface area (Å²) < 4.78 is 32.5. The molecule has 0 spiro atoms. The lowest BCUT2D eigenvalue weighted by Crippen LogP contribution is -2.28. The highest BCUT2D eigenvalue weighted by atomic mass is 31.2. The minimum absolute atomic E-state index is 0.171. The molecule has 0 bridgehead atoms. The molecule has 0 saturated heterocycles. The number of unbranched alkanes of at least 4 members (excludes halogenated alkanes) is 12. The maximum absolute atomic E-state index is 12.3. The molecule has 0 aromatic carbocycles. The van der Waals surface area contributed by atoms with E-state index >= 15 is 0 Å². The molecule has 55 heavy (non-hydrogen) atoms. The van der Waals surface area contributed by atoms with Gasteiger partial charge in [-0.25, -0.2) is 4.57 Å². The maximum Gasteiger partial charge on any atom is 0.472 e. The summed E-state index contributed by atoms with van der Waals surface area (Å²) in [7, 11) is -4.65. The molecule has 0 heterocycles. The number of hydrogen-bond acceptors (Lipinski definition) is 9. The Labute approximate surface area is 333 Å². The molecule has 3 atom stereocenters. The molecule has 0 rings (SSSR count). The van der Waals surface area contributed by atoms with E-state index in [1.165, 1.54) is 6.42 Å². The minimum Gasteiger partial charge on any atom is -0.457 e. The Hall–Kier alpha value is -2.59. The maximum atomic E-state index is 12.3. The normalized spacial score (nSPS) is 14.6. The standard InChI is InChI=1S/C44H75O10P/c1-3-5-7-9-11-13-15-17-18-19-20-21-22-24-26-28-30-32-34-36-44(48)54-42(38-46)40-52-55(49,50)51-39-41(37-45)53-43(47)35-33-31-29-27-25-23-16-14-12-10-8-6-4-2/h5,7-8,10-11,13-14,16-18,20-21,41-42,45-46H,3-4,6,9,12,15,19,22-40H2,1-2H3,(H,49,50)/b7-5-,10-8-,13-11-,16-14-,18-17-,21-20-. The van der Waals surface area contributed by atoms with Gasteiger partial charge in [-0.1, -0.05) is 138 Å². The molecule has 0 radical (unpaired) electrons. The number of allylic oxidation sites excluding steroid dienone is 12. The van der Waals surface area contributed by atoms with Crippen LogP contribution in [0.25, 0.3) is 0 Å². The summed E-state index contributed by atoms with van der Waals surface area (Å²) in [5.41, 5.74) is 0. The van der Waals surface area contributed by atoms with E-state index in [-0.39, 0.29) is 12.8 Å². The SMILES string of the molecule is CC/C=C\C/C=C\C/C=C\C/C=C\CCCCCCCCC(=O)OC(CO)COP(=O)(O)OCC(CO)OC(=O)CCCCCCC/C=C\C/C=C\CCC. The molecule has 0 aromatic rings. The third kappa shape index (κ3) is 38.1. The van der Waals surface area contributed by atoms with Crippen molar-refractivity contribution in [3.63, 3.8) is 0 Å². The number of carbonyl (C=O) groups excluding carboxylic acids is 2. The van der Waals surface area contributed by atoms with Crippen molar-refractivity contribution in [2.75, 3.05) is 26.4 Å². The second-order valence-corrected chi connectivity index (χ2v) is 15.0. The predicted octanol–water partition coefficient (Wildman–Crippen LogP) is 10.9. The molecule has 0 aromatic heterocycles. The van der Waals surface area contributed by atoms with Crippen molar-refractivity contribution in [2.45, 2.75) is 167 Å². The van der Waals surface area contributed by atoms with Crippen LogP contribution >= 0.6 is 7.82 Å². The Balaban J connectivity index is 3.98. The molecule has 11 heteroatoms. The number of ether oxygens (including phenoxy) is 2. The summed E-state index contributed by atoms with van der Waals surface area (Å²) in [6, 6.07) is 0. The van der Waals surface area contributed by atoms with Crippen LogP contribution in [0.1, 0.15) is 155 Å². The van der Waals surface area contributed by atoms with Gasteiger partial charge in [-0.3, -0.25) is 18.6 Å². The molecule has 0 saturated carbocycles. The van der Waals surface area contributed by atoms with Crippen LogP contribution in [0.2, 0.25) is 0 Å². The lowest BCUT2D eigenvalue weighted by Gasteiger charge is -2.20. The van der Waals surface area contributed by atoms with Gasteiger partial charge in [-0.15, -0.1) is 0 Å². The quantitative estimate of drug-likeness (QED) is 0.0239. The molecule has 0 aliphatic heterocycles. The van der Waals surface area contributed by atoms with Crippen LogP contribution < -0.4 is 0 Å². The zero-order valence-electron chi connectivity index (χ0n) is 34.1. The van der Waals surface area contributed by atoms with Crippen molar-refractivity contribution in [1.82, 2.24) is 0 Å². The van der Waals surface area contributed by atoms with Gasteiger partial charge in [0.15, 0.2) is 0 Å². The molecule has 0 fully saturated rings. The summed E-state index contributed by atoms with van der Waals surface area (Å²) in [6.07, 6.45) is 44.4. The number of phosphoric ester groups is 1. The van der Waals surface area contributed by atoms with Gasteiger partial charge in [0.05, 0.1) is 26.4 Å². The van der Waals surface area contributed by atoms with E-state index in [0.717, 1.165) is 109 Å². The first-order valence-electron chi connectivity index (χ1n) is 20.9. The van der Waals surface area contributed by atoms with E-state index in [1.54, 1.807) is 0 Å². The predicted molar refractivity (Wildman–Crippen MR) is 223 cm³/mol. The van der Waals surface area contributed by atoms with Crippen LogP contribution in [-0.2, 0) is 32.7 Å². The van der Waals surface area contributed by atoms with E-state index in [4.69, 9.17) is 18.5 Å². The fourth-order valence-corrected chi connectivity index (χ4v) is 5.98. The average Bonchev–Trinajstić information content (AvgIpc) is 3.17. The van der Waals surface area contributed by atoms with E-state index in [1.807, 2.05) is 0 Å². The lowest BCUT2D eigenvalue weighted by atomic mass is 10.1. The number of aliphatic hydroxyl groups is 2. The second kappa shape index (κ2) is 39.6. The Morgan fingerprint density at radius 1 is 0.509 bits per heavy atom. The number of rotatable bonds is 38. The van der Waals surface area contributed by atoms with Crippen molar-refractivity contribution in [1.29, 1.82) is 0 Å². The first kappa shape index (κ1) is 52.4. The second-order valence-electron chi connectivity index (χ2n) is 13.6.